The molecule has 0 aliphatic carbocycles. The highest BCUT2D eigenvalue weighted by Gasteiger charge is 2.20. The zero-order valence-corrected chi connectivity index (χ0v) is 8.76. The van der Waals surface area contributed by atoms with Gasteiger partial charge in [0.25, 0.3) is 0 Å². The fraction of sp³-hybridized carbons (Fsp3) is 0.778. The molecule has 0 aliphatic rings. The van der Waals surface area contributed by atoms with Crippen molar-refractivity contribution < 1.29 is 9.53 Å². The summed E-state index contributed by atoms with van der Waals surface area (Å²) >= 11 is 0. The van der Waals surface area contributed by atoms with E-state index in [1.165, 1.54) is 4.90 Å². The van der Waals surface area contributed by atoms with E-state index in [0.29, 0.717) is 0 Å². The average Bonchev–Trinajstić information content (AvgIpc) is 1.82. The normalized spacial score (nSPS) is 11.6. The van der Waals surface area contributed by atoms with Crippen LogP contribution in [0.15, 0.2) is 0 Å². The maximum absolute atomic E-state index is 11.3. The molecular formula is C9H18NO2. The lowest BCUT2D eigenvalue weighted by Crippen LogP contribution is -2.34. The van der Waals surface area contributed by atoms with Gasteiger partial charge in [-0.2, -0.15) is 0 Å². The van der Waals surface area contributed by atoms with Gasteiger partial charge in [0, 0.05) is 7.05 Å². The van der Waals surface area contributed by atoms with Gasteiger partial charge in [0.2, 0.25) is 0 Å². The number of amides is 1. The molecule has 0 saturated heterocycles. The first-order valence-corrected chi connectivity index (χ1v) is 4.01. The molecule has 0 atom stereocenters. The number of hydrogen-bond donors (Lipinski definition) is 0. The molecule has 0 aromatic carbocycles. The average molecular weight is 172 g/mol. The lowest BCUT2D eigenvalue weighted by Gasteiger charge is -2.26. The van der Waals surface area contributed by atoms with Crippen molar-refractivity contribution in [3.05, 3.63) is 6.04 Å². The van der Waals surface area contributed by atoms with Crippen LogP contribution in [-0.2, 0) is 4.74 Å². The maximum Gasteiger partial charge on any atom is 0.410 e. The van der Waals surface area contributed by atoms with Crippen LogP contribution in [0.25, 0.3) is 0 Å². The van der Waals surface area contributed by atoms with Gasteiger partial charge in [0.1, 0.15) is 5.60 Å². The highest BCUT2D eigenvalue weighted by Crippen LogP contribution is 2.12. The van der Waals surface area contributed by atoms with Crippen LogP contribution in [0.1, 0.15) is 34.6 Å². The smallest absolute Gasteiger partial charge is 0.410 e. The van der Waals surface area contributed by atoms with Crippen LogP contribution in [0.2, 0.25) is 0 Å². The molecule has 0 rings (SSSR count). The van der Waals surface area contributed by atoms with Crippen LogP contribution >= 0.6 is 0 Å². The van der Waals surface area contributed by atoms with Crippen LogP contribution in [0.3, 0.4) is 0 Å². The lowest BCUT2D eigenvalue weighted by atomic mass is 10.2. The molecule has 0 fully saturated rings. The Balaban J connectivity index is 4.05. The summed E-state index contributed by atoms with van der Waals surface area (Å²) in [5.41, 5.74) is -0.416. The Bertz CT molecular complexity index is 158. The third kappa shape index (κ3) is 4.21. The second kappa shape index (κ2) is 3.78. The first kappa shape index (κ1) is 11.3. The predicted octanol–water partition coefficient (Wildman–Crippen LogP) is 2.43. The summed E-state index contributed by atoms with van der Waals surface area (Å²) in [6, 6.07) is 0.921. The standard InChI is InChI=1S/C9H18NO2/c1-7(2)10(6)8(11)12-9(3,4)5/h1-6H3. The number of nitrogens with zero attached hydrogens (tertiary/aromatic N) is 1. The van der Waals surface area contributed by atoms with Crippen LogP contribution in [0.5, 0.6) is 0 Å². The van der Waals surface area contributed by atoms with Crippen molar-refractivity contribution in [1.82, 2.24) is 4.90 Å². The van der Waals surface area contributed by atoms with Crippen LogP contribution in [0.4, 0.5) is 4.79 Å². The molecule has 0 unspecified atom stereocenters. The Morgan fingerprint density at radius 3 is 1.92 bits per heavy atom. The quantitative estimate of drug-likeness (QED) is 0.608. The van der Waals surface area contributed by atoms with Crippen molar-refractivity contribution in [2.24, 2.45) is 0 Å². The summed E-state index contributed by atoms with van der Waals surface area (Å²) in [4.78, 5) is 12.8. The summed E-state index contributed by atoms with van der Waals surface area (Å²) in [5.74, 6) is 0. The van der Waals surface area contributed by atoms with E-state index < -0.39 is 5.60 Å². The molecule has 0 aliphatic heterocycles. The van der Waals surface area contributed by atoms with Crippen molar-refractivity contribution in [3.63, 3.8) is 0 Å². The zero-order valence-electron chi connectivity index (χ0n) is 8.76. The molecule has 1 radical (unpaired) electrons. The Hall–Kier alpha value is -0.730. The summed E-state index contributed by atoms with van der Waals surface area (Å²) in [5, 5.41) is 0. The van der Waals surface area contributed by atoms with Gasteiger partial charge in [0.05, 0.1) is 6.04 Å². The highest BCUT2D eigenvalue weighted by molar-refractivity contribution is 5.69. The number of hydrogen-bond acceptors (Lipinski definition) is 2. The molecule has 0 bridgehead atoms. The minimum atomic E-state index is -0.416. The largest absolute Gasteiger partial charge is 0.444 e. The van der Waals surface area contributed by atoms with E-state index in [9.17, 15) is 4.79 Å². The summed E-state index contributed by atoms with van der Waals surface area (Å²) in [6.45, 7) is 9.28. The van der Waals surface area contributed by atoms with Gasteiger partial charge in [-0.25, -0.2) is 4.79 Å². The highest BCUT2D eigenvalue weighted by atomic mass is 16.6. The second-order valence-corrected chi connectivity index (χ2v) is 3.99. The zero-order chi connectivity index (χ0) is 9.94. The number of carbonyl (C=O) groups excluding carboxylic acids is 1. The van der Waals surface area contributed by atoms with Crippen LogP contribution in [0, 0.1) is 6.04 Å². The molecule has 3 nitrogen and oxygen atoms in total. The molecule has 71 valence electrons. The lowest BCUT2D eigenvalue weighted by molar-refractivity contribution is 0.0317. The Kier molecular flexibility index (Phi) is 3.55. The summed E-state index contributed by atoms with van der Waals surface area (Å²) in [6.07, 6.45) is -0.303. The minimum Gasteiger partial charge on any atom is -0.444 e. The van der Waals surface area contributed by atoms with Gasteiger partial charge in [-0.3, -0.25) is 0 Å². The van der Waals surface area contributed by atoms with Crippen molar-refractivity contribution in [3.8, 4) is 0 Å². The van der Waals surface area contributed by atoms with E-state index in [0.717, 1.165) is 6.04 Å². The molecule has 0 aromatic rings. The van der Waals surface area contributed by atoms with Gasteiger partial charge >= 0.3 is 6.09 Å². The first-order chi connectivity index (χ1) is 5.24. The topological polar surface area (TPSA) is 29.5 Å². The molecule has 0 aromatic heterocycles. The third-order valence-electron chi connectivity index (χ3n) is 1.34. The van der Waals surface area contributed by atoms with E-state index in [4.69, 9.17) is 4.74 Å². The third-order valence-corrected chi connectivity index (χ3v) is 1.34. The first-order valence-electron chi connectivity index (χ1n) is 4.01. The van der Waals surface area contributed by atoms with E-state index in [2.05, 4.69) is 0 Å². The van der Waals surface area contributed by atoms with Gasteiger partial charge < -0.3 is 9.64 Å². The minimum absolute atomic E-state index is 0.303. The maximum atomic E-state index is 11.3. The van der Waals surface area contributed by atoms with Crippen molar-refractivity contribution >= 4 is 6.09 Å². The van der Waals surface area contributed by atoms with Crippen LogP contribution in [-0.4, -0.2) is 23.6 Å². The number of rotatable bonds is 1. The van der Waals surface area contributed by atoms with Crippen molar-refractivity contribution in [1.29, 1.82) is 0 Å². The van der Waals surface area contributed by atoms with Gasteiger partial charge in [-0.1, -0.05) is 0 Å². The number of carbonyl (C=O) groups is 1. The molecule has 0 heterocycles. The van der Waals surface area contributed by atoms with E-state index in [-0.39, 0.29) is 6.09 Å². The molecule has 12 heavy (non-hydrogen) atoms. The van der Waals surface area contributed by atoms with E-state index in [1.54, 1.807) is 7.05 Å². The van der Waals surface area contributed by atoms with Gasteiger partial charge in [0.15, 0.2) is 0 Å². The summed E-state index contributed by atoms with van der Waals surface area (Å²) < 4.78 is 5.13. The van der Waals surface area contributed by atoms with Crippen molar-refractivity contribution in [2.75, 3.05) is 7.05 Å². The Morgan fingerprint density at radius 1 is 1.25 bits per heavy atom. The van der Waals surface area contributed by atoms with E-state index >= 15 is 0 Å². The number of ether oxygens (including phenoxy) is 1. The fourth-order valence-corrected chi connectivity index (χ4v) is 0.513. The fourth-order valence-electron chi connectivity index (χ4n) is 0.513. The Labute approximate surface area is 74.7 Å². The predicted molar refractivity (Wildman–Crippen MR) is 48.6 cm³/mol. The SMILES string of the molecule is C[C](C)N(C)C(=O)OC(C)(C)C. The second-order valence-electron chi connectivity index (χ2n) is 3.99. The van der Waals surface area contributed by atoms with Crippen LogP contribution < -0.4 is 0 Å². The monoisotopic (exact) mass is 172 g/mol. The molecule has 3 heteroatoms. The van der Waals surface area contributed by atoms with E-state index in [1.807, 2.05) is 34.6 Å². The molecule has 1 amide bonds. The van der Waals surface area contributed by atoms with Gasteiger partial charge in [-0.15, -0.1) is 0 Å². The molecule has 0 N–H and O–H groups in total. The van der Waals surface area contributed by atoms with Gasteiger partial charge in [-0.05, 0) is 34.6 Å². The Morgan fingerprint density at radius 2 is 1.67 bits per heavy atom. The molecule has 0 spiro atoms. The molecular weight excluding hydrogens is 154 g/mol. The summed E-state index contributed by atoms with van der Waals surface area (Å²) in [7, 11) is 1.70. The molecule has 0 saturated carbocycles. The van der Waals surface area contributed by atoms with Crippen molar-refractivity contribution in [2.45, 2.75) is 40.2 Å².